The lowest BCUT2D eigenvalue weighted by Gasteiger charge is -2.23. The molecule has 0 bridgehead atoms. The van der Waals surface area contributed by atoms with E-state index in [1.165, 1.54) is 0 Å². The average Bonchev–Trinajstić information content (AvgIpc) is 3.15. The molecule has 0 radical (unpaired) electrons. The molecule has 2 aliphatic rings. The zero-order valence-electron chi connectivity index (χ0n) is 15.2. The molecule has 2 aliphatic heterocycles. The van der Waals surface area contributed by atoms with Crippen LogP contribution in [0.5, 0.6) is 11.5 Å². The Hall–Kier alpha value is -1.95. The van der Waals surface area contributed by atoms with Gasteiger partial charge in [0, 0.05) is 49.4 Å². The number of methoxy groups -OCH3 is 2. The molecule has 0 spiro atoms. The largest absolute Gasteiger partial charge is 0.497 e. The molecule has 0 saturated carbocycles. The number of nitrogens with zero attached hydrogens (tertiary/aromatic N) is 1. The van der Waals surface area contributed by atoms with E-state index in [0.29, 0.717) is 5.92 Å². The lowest BCUT2D eigenvalue weighted by Crippen LogP contribution is -2.40. The number of amides is 1. The number of hydrogen-bond acceptors (Lipinski definition) is 5. The normalized spacial score (nSPS) is 21.2. The number of carbonyl (C=O) groups is 1. The summed E-state index contributed by atoms with van der Waals surface area (Å²) < 4.78 is 10.7. The van der Waals surface area contributed by atoms with E-state index in [0.717, 1.165) is 69.2 Å². The van der Waals surface area contributed by atoms with Gasteiger partial charge in [-0.3, -0.25) is 4.79 Å². The van der Waals surface area contributed by atoms with Gasteiger partial charge < -0.3 is 25.0 Å². The van der Waals surface area contributed by atoms with Crippen molar-refractivity contribution in [3.63, 3.8) is 0 Å². The molecule has 1 atom stereocenters. The Morgan fingerprint density at radius 2 is 1.84 bits per heavy atom. The van der Waals surface area contributed by atoms with Crippen molar-refractivity contribution in [1.29, 1.82) is 0 Å². The fourth-order valence-electron chi connectivity index (χ4n) is 3.68. The van der Waals surface area contributed by atoms with Crippen LogP contribution in [0.1, 0.15) is 19.3 Å². The first-order valence-electron chi connectivity index (χ1n) is 9.16. The smallest absolute Gasteiger partial charge is 0.223 e. The van der Waals surface area contributed by atoms with Crippen molar-refractivity contribution in [3.05, 3.63) is 18.2 Å². The number of ether oxygens (including phenoxy) is 2. The summed E-state index contributed by atoms with van der Waals surface area (Å²) in [7, 11) is 3.34. The summed E-state index contributed by atoms with van der Waals surface area (Å²) in [5, 5.41) is 6.47. The van der Waals surface area contributed by atoms with E-state index in [4.69, 9.17) is 9.47 Å². The second-order valence-corrected chi connectivity index (χ2v) is 6.94. The first-order valence-corrected chi connectivity index (χ1v) is 9.16. The zero-order valence-corrected chi connectivity index (χ0v) is 15.2. The highest BCUT2D eigenvalue weighted by atomic mass is 16.5. The van der Waals surface area contributed by atoms with Crippen LogP contribution in [0.2, 0.25) is 0 Å². The Balaban J connectivity index is 1.52. The molecule has 6 nitrogen and oxygen atoms in total. The minimum Gasteiger partial charge on any atom is -0.497 e. The van der Waals surface area contributed by atoms with E-state index < -0.39 is 0 Å². The van der Waals surface area contributed by atoms with E-state index >= 15 is 0 Å². The molecule has 1 aromatic carbocycles. The summed E-state index contributed by atoms with van der Waals surface area (Å²) in [6, 6.07) is 5.97. The van der Waals surface area contributed by atoms with Gasteiger partial charge in [-0.25, -0.2) is 0 Å². The second-order valence-electron chi connectivity index (χ2n) is 6.94. The summed E-state index contributed by atoms with van der Waals surface area (Å²) in [6.07, 6.45) is 2.99. The molecule has 2 fully saturated rings. The second kappa shape index (κ2) is 8.43. The van der Waals surface area contributed by atoms with Crippen LogP contribution in [-0.4, -0.2) is 52.9 Å². The van der Waals surface area contributed by atoms with Gasteiger partial charge >= 0.3 is 0 Å². The first kappa shape index (κ1) is 17.9. The number of rotatable bonds is 6. The fraction of sp³-hybridized carbons (Fsp3) is 0.632. The van der Waals surface area contributed by atoms with Crippen molar-refractivity contribution < 1.29 is 14.3 Å². The van der Waals surface area contributed by atoms with E-state index in [2.05, 4.69) is 15.5 Å². The standard InChI is InChI=1S/C19H29N3O3/c1-24-17-9-16(10-18(11-17)25-2)22-8-5-14(13-22)12-21-19(23)15-3-6-20-7-4-15/h9-11,14-15,20H,3-8,12-13H2,1-2H3,(H,21,23). The molecule has 0 aliphatic carbocycles. The van der Waals surface area contributed by atoms with Crippen molar-refractivity contribution in [1.82, 2.24) is 10.6 Å². The monoisotopic (exact) mass is 347 g/mol. The topological polar surface area (TPSA) is 62.8 Å². The van der Waals surface area contributed by atoms with Gasteiger partial charge in [0.25, 0.3) is 0 Å². The molecule has 0 aromatic heterocycles. The van der Waals surface area contributed by atoms with Crippen LogP contribution in [0.15, 0.2) is 18.2 Å². The minimum atomic E-state index is 0.182. The summed E-state index contributed by atoms with van der Waals surface area (Å²) in [4.78, 5) is 14.6. The van der Waals surface area contributed by atoms with E-state index in [9.17, 15) is 4.79 Å². The maximum absolute atomic E-state index is 12.3. The van der Waals surface area contributed by atoms with Crippen molar-refractivity contribution in [2.24, 2.45) is 11.8 Å². The highest BCUT2D eigenvalue weighted by molar-refractivity contribution is 5.78. The van der Waals surface area contributed by atoms with Crippen molar-refractivity contribution >= 4 is 11.6 Å². The van der Waals surface area contributed by atoms with Crippen LogP contribution in [0.4, 0.5) is 5.69 Å². The van der Waals surface area contributed by atoms with Crippen LogP contribution in [0, 0.1) is 11.8 Å². The number of hydrogen-bond donors (Lipinski definition) is 2. The third kappa shape index (κ3) is 4.57. The molecule has 2 N–H and O–H groups in total. The van der Waals surface area contributed by atoms with Crippen LogP contribution < -0.4 is 25.0 Å². The maximum atomic E-state index is 12.3. The van der Waals surface area contributed by atoms with Gasteiger partial charge in [-0.2, -0.15) is 0 Å². The average molecular weight is 347 g/mol. The summed E-state index contributed by atoms with van der Waals surface area (Å²) >= 11 is 0. The Bertz CT molecular complexity index is 565. The summed E-state index contributed by atoms with van der Waals surface area (Å²) in [5.41, 5.74) is 1.11. The van der Waals surface area contributed by atoms with Gasteiger partial charge in [0.2, 0.25) is 5.91 Å². The Kier molecular flexibility index (Phi) is 6.02. The van der Waals surface area contributed by atoms with Gasteiger partial charge in [0.1, 0.15) is 11.5 Å². The summed E-state index contributed by atoms with van der Waals surface area (Å²) in [5.74, 6) is 2.50. The molecule has 3 rings (SSSR count). The van der Waals surface area contributed by atoms with Crippen molar-refractivity contribution in [3.8, 4) is 11.5 Å². The number of carbonyl (C=O) groups excluding carboxylic acids is 1. The molecule has 6 heteroatoms. The SMILES string of the molecule is COc1cc(OC)cc(N2CCC(CNC(=O)C3CCNCC3)C2)c1. The molecule has 1 amide bonds. The van der Waals surface area contributed by atoms with Crippen LogP contribution in [0.3, 0.4) is 0 Å². The molecule has 2 heterocycles. The lowest BCUT2D eigenvalue weighted by molar-refractivity contribution is -0.125. The van der Waals surface area contributed by atoms with E-state index in [-0.39, 0.29) is 11.8 Å². The Morgan fingerprint density at radius 1 is 1.16 bits per heavy atom. The van der Waals surface area contributed by atoms with Gasteiger partial charge in [-0.05, 0) is 38.3 Å². The van der Waals surface area contributed by atoms with Gasteiger partial charge in [-0.1, -0.05) is 0 Å². The van der Waals surface area contributed by atoms with Crippen LogP contribution >= 0.6 is 0 Å². The molecule has 1 aromatic rings. The number of anilines is 1. The van der Waals surface area contributed by atoms with Crippen molar-refractivity contribution in [2.75, 3.05) is 51.8 Å². The van der Waals surface area contributed by atoms with Gasteiger partial charge in [0.15, 0.2) is 0 Å². The quantitative estimate of drug-likeness (QED) is 0.819. The molecular formula is C19H29N3O3. The predicted octanol–water partition coefficient (Wildman–Crippen LogP) is 1.65. The minimum absolute atomic E-state index is 0.182. The Labute approximate surface area is 149 Å². The van der Waals surface area contributed by atoms with Crippen LogP contribution in [0.25, 0.3) is 0 Å². The zero-order chi connectivity index (χ0) is 17.6. The number of nitrogens with one attached hydrogen (secondary N) is 2. The molecular weight excluding hydrogens is 318 g/mol. The van der Waals surface area contributed by atoms with Gasteiger partial charge in [0.05, 0.1) is 14.2 Å². The highest BCUT2D eigenvalue weighted by Gasteiger charge is 2.26. The maximum Gasteiger partial charge on any atom is 0.223 e. The molecule has 1 unspecified atom stereocenters. The summed E-state index contributed by atoms with van der Waals surface area (Å²) in [6.45, 7) is 4.60. The first-order chi connectivity index (χ1) is 12.2. The molecule has 25 heavy (non-hydrogen) atoms. The molecule has 138 valence electrons. The third-order valence-corrected chi connectivity index (χ3v) is 5.26. The van der Waals surface area contributed by atoms with Crippen molar-refractivity contribution in [2.45, 2.75) is 19.3 Å². The third-order valence-electron chi connectivity index (χ3n) is 5.26. The number of piperidine rings is 1. The van der Waals surface area contributed by atoms with E-state index in [1.807, 2.05) is 18.2 Å². The predicted molar refractivity (Wildman–Crippen MR) is 98.5 cm³/mol. The highest BCUT2D eigenvalue weighted by Crippen LogP contribution is 2.31. The van der Waals surface area contributed by atoms with Crippen LogP contribution in [-0.2, 0) is 4.79 Å². The van der Waals surface area contributed by atoms with E-state index in [1.54, 1.807) is 14.2 Å². The fourth-order valence-corrected chi connectivity index (χ4v) is 3.68. The Morgan fingerprint density at radius 3 is 2.48 bits per heavy atom. The number of benzene rings is 1. The molecule has 2 saturated heterocycles. The lowest BCUT2D eigenvalue weighted by atomic mass is 9.97. The van der Waals surface area contributed by atoms with Gasteiger partial charge in [-0.15, -0.1) is 0 Å².